The van der Waals surface area contributed by atoms with Crippen molar-refractivity contribution < 1.29 is 13.9 Å². The lowest BCUT2D eigenvalue weighted by Crippen LogP contribution is -2.26. The van der Waals surface area contributed by atoms with Crippen molar-refractivity contribution in [3.05, 3.63) is 101 Å². The Labute approximate surface area is 177 Å². The molecule has 0 saturated heterocycles. The van der Waals surface area contributed by atoms with Crippen LogP contribution in [-0.4, -0.2) is 11.6 Å². The van der Waals surface area contributed by atoms with Gasteiger partial charge in [0.1, 0.15) is 11.2 Å². The molecule has 1 aromatic heterocycles. The van der Waals surface area contributed by atoms with E-state index in [-0.39, 0.29) is 16.0 Å². The molecular weight excluding hydrogens is 395 g/mol. The summed E-state index contributed by atoms with van der Waals surface area (Å²) in [7, 11) is -0.205. The number of esters is 1. The average molecular weight is 416 g/mol. The van der Waals surface area contributed by atoms with E-state index in [2.05, 4.69) is 35.4 Å². The predicted molar refractivity (Wildman–Crippen MR) is 121 cm³/mol. The van der Waals surface area contributed by atoms with Crippen molar-refractivity contribution in [1.29, 1.82) is 0 Å². The van der Waals surface area contributed by atoms with Crippen molar-refractivity contribution in [2.45, 2.75) is 19.4 Å². The predicted octanol–water partition coefficient (Wildman–Crippen LogP) is 6.70. The molecule has 0 bridgehead atoms. The Morgan fingerprint density at radius 2 is 1.73 bits per heavy atom. The topological polar surface area (TPSA) is 26.3 Å². The van der Waals surface area contributed by atoms with Crippen molar-refractivity contribution in [1.82, 2.24) is 0 Å². The molecule has 148 valence electrons. The quantitative estimate of drug-likeness (QED) is 0.211. The lowest BCUT2D eigenvalue weighted by Gasteiger charge is -2.18. The summed E-state index contributed by atoms with van der Waals surface area (Å²) >= 11 is 0. The van der Waals surface area contributed by atoms with E-state index in [1.165, 1.54) is 16.2 Å². The summed E-state index contributed by atoms with van der Waals surface area (Å²) in [6, 6.07) is 24.1. The van der Waals surface area contributed by atoms with Gasteiger partial charge in [-0.2, -0.15) is 0 Å². The Morgan fingerprint density at radius 3 is 2.57 bits per heavy atom. The van der Waals surface area contributed by atoms with Gasteiger partial charge in [-0.25, -0.2) is 9.18 Å². The highest BCUT2D eigenvalue weighted by molar-refractivity contribution is 7.43. The first-order chi connectivity index (χ1) is 14.4. The first-order valence-electron chi connectivity index (χ1n) is 9.54. The van der Waals surface area contributed by atoms with Crippen molar-refractivity contribution >= 4 is 26.5 Å². The van der Waals surface area contributed by atoms with Gasteiger partial charge < -0.3 is 4.74 Å². The Balaban J connectivity index is 1.57. The van der Waals surface area contributed by atoms with Gasteiger partial charge in [-0.3, -0.25) is 0 Å². The fraction of sp³-hybridized carbons (Fsp3) is 0.115. The number of benzene rings is 3. The summed E-state index contributed by atoms with van der Waals surface area (Å²) in [6.07, 6.45) is 0. The number of carbonyl (C=O) groups is 1. The molecule has 1 unspecified atom stereocenters. The number of rotatable bonds is 3. The van der Waals surface area contributed by atoms with Gasteiger partial charge in [0, 0.05) is 28.0 Å². The second-order valence-electron chi connectivity index (χ2n) is 7.34. The van der Waals surface area contributed by atoms with Crippen molar-refractivity contribution in [2.75, 3.05) is 0 Å². The third-order valence-corrected chi connectivity index (χ3v) is 6.60. The van der Waals surface area contributed by atoms with Crippen LogP contribution in [0.4, 0.5) is 4.39 Å². The summed E-state index contributed by atoms with van der Waals surface area (Å²) in [5, 5.41) is 3.37. The molecule has 0 saturated carbocycles. The number of halogens is 1. The SMILES string of the molecule is CC(C)(C#Cc1ccccc1F)OC(=O)c1cccc(-[s+]2ccc3ccccc32)c1. The molecule has 1 heterocycles. The number of hydrogen-bond donors (Lipinski definition) is 0. The third-order valence-electron chi connectivity index (χ3n) is 4.58. The maximum atomic E-state index is 13.8. The molecule has 30 heavy (non-hydrogen) atoms. The molecule has 0 spiro atoms. The van der Waals surface area contributed by atoms with Gasteiger partial charge in [-0.05, 0) is 50.2 Å². The molecule has 2 nitrogen and oxygen atoms in total. The molecule has 0 amide bonds. The summed E-state index contributed by atoms with van der Waals surface area (Å²) in [5.41, 5.74) is -0.313. The van der Waals surface area contributed by atoms with Crippen molar-refractivity contribution in [3.8, 4) is 16.7 Å². The Hall–Kier alpha value is -3.42. The van der Waals surface area contributed by atoms with Crippen LogP contribution in [0, 0.1) is 17.7 Å². The van der Waals surface area contributed by atoms with Crippen LogP contribution in [0.25, 0.3) is 15.0 Å². The van der Waals surface area contributed by atoms with Gasteiger partial charge in [0.15, 0.2) is 15.2 Å². The summed E-state index contributed by atoms with van der Waals surface area (Å²) in [5.74, 6) is 4.77. The lowest BCUT2D eigenvalue weighted by molar-refractivity contribution is 0.0204. The minimum absolute atomic E-state index is 0.205. The van der Waals surface area contributed by atoms with Gasteiger partial charge in [-0.1, -0.05) is 42.2 Å². The number of thiophene rings is 1. The van der Waals surface area contributed by atoms with Gasteiger partial charge in [0.25, 0.3) is 0 Å². The second-order valence-corrected chi connectivity index (χ2v) is 9.19. The second kappa shape index (κ2) is 8.14. The Morgan fingerprint density at radius 1 is 0.967 bits per heavy atom. The minimum Gasteiger partial charge on any atom is -0.443 e. The van der Waals surface area contributed by atoms with Gasteiger partial charge in [0.05, 0.1) is 11.1 Å². The average Bonchev–Trinajstić information content (AvgIpc) is 3.17. The minimum atomic E-state index is -1.06. The molecule has 0 aliphatic carbocycles. The normalized spacial score (nSPS) is 11.6. The van der Waals surface area contributed by atoms with Crippen LogP contribution in [0.3, 0.4) is 0 Å². The highest BCUT2D eigenvalue weighted by atomic mass is 32.2. The van der Waals surface area contributed by atoms with Crippen LogP contribution in [0.15, 0.2) is 84.2 Å². The number of ether oxygens (including phenoxy) is 1. The summed E-state index contributed by atoms with van der Waals surface area (Å²) in [4.78, 5) is 13.8. The molecule has 0 aliphatic rings. The van der Waals surface area contributed by atoms with Crippen LogP contribution in [0.2, 0.25) is 0 Å². The monoisotopic (exact) mass is 415 g/mol. The van der Waals surface area contributed by atoms with E-state index in [0.29, 0.717) is 5.56 Å². The van der Waals surface area contributed by atoms with Gasteiger partial charge >= 0.3 is 5.97 Å². The van der Waals surface area contributed by atoms with E-state index in [9.17, 15) is 9.18 Å². The van der Waals surface area contributed by atoms with Crippen LogP contribution in [0.5, 0.6) is 0 Å². The van der Waals surface area contributed by atoms with Crippen molar-refractivity contribution in [2.24, 2.45) is 0 Å². The molecule has 4 heteroatoms. The third kappa shape index (κ3) is 4.27. The lowest BCUT2D eigenvalue weighted by atomic mass is 10.1. The van der Waals surface area contributed by atoms with E-state index < -0.39 is 17.4 Å². The van der Waals surface area contributed by atoms with E-state index in [4.69, 9.17) is 4.74 Å². The van der Waals surface area contributed by atoms with E-state index >= 15 is 0 Å². The van der Waals surface area contributed by atoms with E-state index in [0.717, 1.165) is 4.90 Å². The fourth-order valence-electron chi connectivity index (χ4n) is 3.10. The molecule has 4 aromatic rings. The molecule has 0 N–H and O–H groups in total. The summed E-state index contributed by atoms with van der Waals surface area (Å²) in [6.45, 7) is 3.39. The van der Waals surface area contributed by atoms with Crippen molar-refractivity contribution in [3.63, 3.8) is 0 Å². The van der Waals surface area contributed by atoms with E-state index in [1.807, 2.05) is 30.3 Å². The highest BCUT2D eigenvalue weighted by Crippen LogP contribution is 2.39. The first-order valence-corrected chi connectivity index (χ1v) is 10.8. The maximum absolute atomic E-state index is 13.8. The number of carbonyl (C=O) groups excluding carboxylic acids is 1. The van der Waals surface area contributed by atoms with Crippen LogP contribution in [0.1, 0.15) is 29.8 Å². The zero-order valence-electron chi connectivity index (χ0n) is 16.7. The number of hydrogen-bond acceptors (Lipinski definition) is 2. The smallest absolute Gasteiger partial charge is 0.339 e. The zero-order valence-corrected chi connectivity index (χ0v) is 17.5. The van der Waals surface area contributed by atoms with Crippen LogP contribution < -0.4 is 0 Å². The summed E-state index contributed by atoms with van der Waals surface area (Å²) < 4.78 is 20.6. The molecule has 1 atom stereocenters. The van der Waals surface area contributed by atoms with Gasteiger partial charge in [-0.15, -0.1) is 0 Å². The standard InChI is InChI=1S/C26H20FO2S/c1-26(2,16-14-19-8-3-5-12-23(19)27)29-25(28)21-10-7-11-22(18-21)30-17-15-20-9-4-6-13-24(20)30/h3-13,15,17-18H,1-2H3/q+1. The molecule has 0 fully saturated rings. The Bertz CT molecular complexity index is 1290. The Kier molecular flexibility index (Phi) is 5.39. The van der Waals surface area contributed by atoms with E-state index in [1.54, 1.807) is 38.1 Å². The largest absolute Gasteiger partial charge is 0.443 e. The molecular formula is C26H20FO2S+. The zero-order chi connectivity index (χ0) is 21.1. The fourth-order valence-corrected chi connectivity index (χ4v) is 5.03. The van der Waals surface area contributed by atoms with Crippen LogP contribution >= 0.6 is 10.5 Å². The molecule has 3 aromatic carbocycles. The molecule has 0 aliphatic heterocycles. The van der Waals surface area contributed by atoms with Crippen LogP contribution in [-0.2, 0) is 4.74 Å². The number of fused-ring (bicyclic) bond motifs is 1. The first kappa shape index (κ1) is 19.9. The maximum Gasteiger partial charge on any atom is 0.339 e. The van der Waals surface area contributed by atoms with Gasteiger partial charge in [0.2, 0.25) is 0 Å². The highest BCUT2D eigenvalue weighted by Gasteiger charge is 2.23. The molecule has 0 radical (unpaired) electrons. The molecule has 4 rings (SSSR count).